The average molecular weight is 353 g/mol. The van der Waals surface area contributed by atoms with Crippen LogP contribution in [0.4, 0.5) is 27.6 Å². The van der Waals surface area contributed by atoms with Gasteiger partial charge >= 0.3 is 18.1 Å². The fourth-order valence-electron chi connectivity index (χ4n) is 1.64. The van der Waals surface area contributed by atoms with Crippen molar-refractivity contribution in [2.75, 3.05) is 7.11 Å². The molecule has 0 saturated heterocycles. The number of methoxy groups -OCH3 is 1. The summed E-state index contributed by atoms with van der Waals surface area (Å²) in [5, 5.41) is 0. The number of ether oxygens (including phenoxy) is 2. The standard InChI is InChI=1S/C15H16F5NO3/c1-9(2)24-13(22)8-12(14(16,17)15(18,19)20)21-10-4-6-11(23-3)7-5-10/h4-7,9H,8H2,1-3H3. The molecule has 0 aromatic heterocycles. The third-order valence-electron chi connectivity index (χ3n) is 2.73. The van der Waals surface area contributed by atoms with Crippen molar-refractivity contribution in [3.63, 3.8) is 0 Å². The summed E-state index contributed by atoms with van der Waals surface area (Å²) < 4.78 is 74.6. The predicted molar refractivity (Wildman–Crippen MR) is 76.9 cm³/mol. The summed E-state index contributed by atoms with van der Waals surface area (Å²) in [6.07, 6.45) is -7.81. The summed E-state index contributed by atoms with van der Waals surface area (Å²) in [4.78, 5) is 14.8. The van der Waals surface area contributed by atoms with Crippen LogP contribution in [0.25, 0.3) is 0 Å². The summed E-state index contributed by atoms with van der Waals surface area (Å²) in [5.41, 5.74) is -1.81. The molecular weight excluding hydrogens is 337 g/mol. The molecule has 1 rings (SSSR count). The van der Waals surface area contributed by atoms with E-state index in [4.69, 9.17) is 4.74 Å². The zero-order valence-electron chi connectivity index (χ0n) is 13.2. The lowest BCUT2D eigenvalue weighted by atomic mass is 10.1. The van der Waals surface area contributed by atoms with Crippen LogP contribution in [0.1, 0.15) is 20.3 Å². The second-order valence-electron chi connectivity index (χ2n) is 5.04. The van der Waals surface area contributed by atoms with Crippen molar-refractivity contribution in [3.8, 4) is 5.75 Å². The van der Waals surface area contributed by atoms with Crippen LogP contribution in [0.15, 0.2) is 29.3 Å². The minimum absolute atomic E-state index is 0.174. The Hall–Kier alpha value is -2.19. The maximum atomic E-state index is 13.6. The van der Waals surface area contributed by atoms with Crippen molar-refractivity contribution >= 4 is 17.4 Å². The molecule has 4 nitrogen and oxygen atoms in total. The average Bonchev–Trinajstić information content (AvgIpc) is 2.45. The number of benzene rings is 1. The van der Waals surface area contributed by atoms with Gasteiger partial charge in [-0.15, -0.1) is 0 Å². The number of aliphatic imine (C=N–C) groups is 1. The highest BCUT2D eigenvalue weighted by Gasteiger charge is 2.61. The van der Waals surface area contributed by atoms with Crippen LogP contribution in [0, 0.1) is 0 Å². The van der Waals surface area contributed by atoms with Crippen molar-refractivity contribution in [1.29, 1.82) is 0 Å². The number of esters is 1. The fourth-order valence-corrected chi connectivity index (χ4v) is 1.64. The van der Waals surface area contributed by atoms with Crippen LogP contribution in [0.5, 0.6) is 5.75 Å². The minimum Gasteiger partial charge on any atom is -0.497 e. The summed E-state index contributed by atoms with van der Waals surface area (Å²) >= 11 is 0. The van der Waals surface area contributed by atoms with E-state index in [1.807, 2.05) is 0 Å². The van der Waals surface area contributed by atoms with Crippen LogP contribution in [-0.2, 0) is 9.53 Å². The summed E-state index contributed by atoms with van der Waals surface area (Å²) in [6, 6.07) is 5.07. The summed E-state index contributed by atoms with van der Waals surface area (Å²) in [6.45, 7) is 2.89. The lowest BCUT2D eigenvalue weighted by molar-refractivity contribution is -0.249. The van der Waals surface area contributed by atoms with Crippen molar-refractivity contribution in [1.82, 2.24) is 0 Å². The van der Waals surface area contributed by atoms with Gasteiger partial charge in [-0.25, -0.2) is 0 Å². The molecule has 0 amide bonds. The van der Waals surface area contributed by atoms with Crippen LogP contribution in [0.3, 0.4) is 0 Å². The van der Waals surface area contributed by atoms with Gasteiger partial charge in [0.25, 0.3) is 0 Å². The molecule has 0 unspecified atom stereocenters. The normalized spacial score (nSPS) is 13.1. The molecule has 24 heavy (non-hydrogen) atoms. The van der Waals surface area contributed by atoms with Gasteiger partial charge in [-0.3, -0.25) is 9.79 Å². The van der Waals surface area contributed by atoms with Crippen LogP contribution in [-0.4, -0.2) is 37.0 Å². The molecule has 0 heterocycles. The highest BCUT2D eigenvalue weighted by atomic mass is 19.4. The van der Waals surface area contributed by atoms with Gasteiger partial charge in [0.15, 0.2) is 0 Å². The Labute approximate surface area is 135 Å². The Morgan fingerprint density at radius 2 is 1.67 bits per heavy atom. The number of rotatable bonds is 6. The summed E-state index contributed by atoms with van der Waals surface area (Å²) in [7, 11) is 1.36. The Morgan fingerprint density at radius 3 is 2.08 bits per heavy atom. The smallest absolute Gasteiger partial charge is 0.459 e. The van der Waals surface area contributed by atoms with E-state index in [0.717, 1.165) is 0 Å². The van der Waals surface area contributed by atoms with Crippen molar-refractivity contribution in [3.05, 3.63) is 24.3 Å². The van der Waals surface area contributed by atoms with E-state index in [0.29, 0.717) is 5.75 Å². The second kappa shape index (κ2) is 7.59. The lowest BCUT2D eigenvalue weighted by Gasteiger charge is -2.21. The fraction of sp³-hybridized carbons (Fsp3) is 0.467. The molecule has 1 aromatic rings. The van der Waals surface area contributed by atoms with Crippen molar-refractivity contribution in [2.24, 2.45) is 4.99 Å². The van der Waals surface area contributed by atoms with Gasteiger partial charge in [-0.2, -0.15) is 22.0 Å². The number of carbonyl (C=O) groups excluding carboxylic acids is 1. The molecule has 9 heteroatoms. The first-order valence-electron chi connectivity index (χ1n) is 6.83. The monoisotopic (exact) mass is 353 g/mol. The van der Waals surface area contributed by atoms with Gasteiger partial charge in [0.05, 0.1) is 25.3 Å². The third kappa shape index (κ3) is 5.17. The quantitative estimate of drug-likeness (QED) is 0.435. The number of nitrogens with zero attached hydrogens (tertiary/aromatic N) is 1. The van der Waals surface area contributed by atoms with E-state index >= 15 is 0 Å². The Bertz CT molecular complexity index is 594. The van der Waals surface area contributed by atoms with Crippen LogP contribution in [0.2, 0.25) is 0 Å². The van der Waals surface area contributed by atoms with Gasteiger partial charge in [0.2, 0.25) is 0 Å². The van der Waals surface area contributed by atoms with Gasteiger partial charge in [0, 0.05) is 0 Å². The second-order valence-corrected chi connectivity index (χ2v) is 5.04. The molecule has 0 fully saturated rings. The van der Waals surface area contributed by atoms with E-state index < -0.39 is 36.3 Å². The highest BCUT2D eigenvalue weighted by Crippen LogP contribution is 2.38. The first-order valence-corrected chi connectivity index (χ1v) is 6.83. The van der Waals surface area contributed by atoms with Crippen LogP contribution >= 0.6 is 0 Å². The van der Waals surface area contributed by atoms with Crippen LogP contribution < -0.4 is 4.74 Å². The molecule has 0 aliphatic rings. The molecule has 0 N–H and O–H groups in total. The first-order chi connectivity index (χ1) is 11.0. The van der Waals surface area contributed by atoms with E-state index in [-0.39, 0.29) is 5.69 Å². The Morgan fingerprint density at radius 1 is 1.12 bits per heavy atom. The van der Waals surface area contributed by atoms with E-state index in [2.05, 4.69) is 9.73 Å². The van der Waals surface area contributed by atoms with Crippen molar-refractivity contribution in [2.45, 2.75) is 38.5 Å². The molecule has 0 radical (unpaired) electrons. The molecule has 0 bridgehead atoms. The zero-order chi connectivity index (χ0) is 18.5. The number of hydrogen-bond donors (Lipinski definition) is 0. The predicted octanol–water partition coefficient (Wildman–Crippen LogP) is 4.31. The summed E-state index contributed by atoms with van der Waals surface area (Å²) in [5.74, 6) is -6.11. The van der Waals surface area contributed by atoms with Crippen molar-refractivity contribution < 1.29 is 36.2 Å². The number of alkyl halides is 5. The first kappa shape index (κ1) is 19.9. The number of carbonyl (C=O) groups is 1. The SMILES string of the molecule is COc1ccc(N=C(CC(=O)OC(C)C)C(F)(F)C(F)(F)F)cc1. The molecule has 1 aromatic carbocycles. The molecule has 0 spiro atoms. The lowest BCUT2D eigenvalue weighted by Crippen LogP contribution is -2.45. The Balaban J connectivity index is 3.21. The minimum atomic E-state index is -5.88. The largest absolute Gasteiger partial charge is 0.497 e. The maximum Gasteiger partial charge on any atom is 0.459 e. The molecule has 0 saturated carbocycles. The van der Waals surface area contributed by atoms with Gasteiger partial charge in [0.1, 0.15) is 11.5 Å². The third-order valence-corrected chi connectivity index (χ3v) is 2.73. The topological polar surface area (TPSA) is 47.9 Å². The molecule has 134 valence electrons. The number of halogens is 5. The molecule has 0 aliphatic heterocycles. The Kier molecular flexibility index (Phi) is 6.28. The van der Waals surface area contributed by atoms with Gasteiger partial charge < -0.3 is 9.47 Å². The number of hydrogen-bond acceptors (Lipinski definition) is 4. The van der Waals surface area contributed by atoms with Gasteiger partial charge in [-0.1, -0.05) is 0 Å². The van der Waals surface area contributed by atoms with E-state index in [1.165, 1.54) is 45.2 Å². The zero-order valence-corrected chi connectivity index (χ0v) is 13.2. The highest BCUT2D eigenvalue weighted by molar-refractivity contribution is 6.04. The van der Waals surface area contributed by atoms with E-state index in [1.54, 1.807) is 0 Å². The van der Waals surface area contributed by atoms with Gasteiger partial charge in [-0.05, 0) is 38.1 Å². The molecule has 0 aliphatic carbocycles. The van der Waals surface area contributed by atoms with E-state index in [9.17, 15) is 26.7 Å². The molecular formula is C15H16F5NO3. The molecule has 0 atom stereocenters. The maximum absolute atomic E-state index is 13.6.